The Morgan fingerprint density at radius 3 is 1.23 bits per heavy atom. The van der Waals surface area contributed by atoms with Crippen LogP contribution in [0.2, 0.25) is 0 Å². The molecule has 2 aliphatic rings. The maximum Gasteiger partial charge on any atom is 2.00 e. The van der Waals surface area contributed by atoms with E-state index in [1.54, 1.807) is 0 Å². The molecule has 0 amide bonds. The molecule has 0 fully saturated rings. The summed E-state index contributed by atoms with van der Waals surface area (Å²) in [6.07, 6.45) is 20.0. The molecule has 70 valence electrons. The fourth-order valence-corrected chi connectivity index (χ4v) is 0.680. The predicted octanol–water partition coefficient (Wildman–Crippen LogP) is 3.45. The molecule has 0 unspecified atom stereocenters. The van der Waals surface area contributed by atoms with E-state index >= 15 is 0 Å². The van der Waals surface area contributed by atoms with Gasteiger partial charge in [0.25, 0.3) is 0 Å². The van der Waals surface area contributed by atoms with Crippen molar-refractivity contribution < 1.29 is 21.7 Å². The van der Waals surface area contributed by atoms with E-state index in [1.165, 1.54) is 0 Å². The second-order valence-electron chi connectivity index (χ2n) is 2.01. The smallest absolute Gasteiger partial charge is 0.273 e. The van der Waals surface area contributed by atoms with Gasteiger partial charge in [0, 0.05) is 0 Å². The Hall–Kier alpha value is 0.254. The van der Waals surface area contributed by atoms with Crippen molar-refractivity contribution in [3.8, 4) is 0 Å². The topological polar surface area (TPSA) is 0 Å². The van der Waals surface area contributed by atoms with E-state index in [9.17, 15) is 0 Å². The molecule has 0 aromatic rings. The second-order valence-corrected chi connectivity index (χ2v) is 2.01. The fraction of sp³-hybridized carbons (Fsp3) is 0.200. The molecule has 0 nitrogen and oxygen atoms in total. The Labute approximate surface area is 108 Å². The van der Waals surface area contributed by atoms with E-state index in [4.69, 9.17) is 0 Å². The van der Waals surface area contributed by atoms with Crippen molar-refractivity contribution in [1.29, 1.82) is 0 Å². The summed E-state index contributed by atoms with van der Waals surface area (Å²) in [4.78, 5) is 0. The van der Waals surface area contributed by atoms with E-state index in [2.05, 4.69) is 24.3 Å². The SMILES string of the molecule is Cl.Cl.[C-]1=CC=CC1.[C-]1=CC=CC1.[Ti+2]. The molecule has 0 heterocycles. The van der Waals surface area contributed by atoms with E-state index in [-0.39, 0.29) is 46.5 Å². The minimum Gasteiger partial charge on any atom is -0.273 e. The average Bonchev–Trinajstić information content (AvgIpc) is 2.67. The van der Waals surface area contributed by atoms with Crippen molar-refractivity contribution in [2.45, 2.75) is 12.8 Å². The maximum atomic E-state index is 2.99. The van der Waals surface area contributed by atoms with Crippen LogP contribution in [-0.4, -0.2) is 0 Å². The van der Waals surface area contributed by atoms with Crippen molar-refractivity contribution in [1.82, 2.24) is 0 Å². The minimum absolute atomic E-state index is 0. The summed E-state index contributed by atoms with van der Waals surface area (Å²) in [6.45, 7) is 0. The Morgan fingerprint density at radius 2 is 1.15 bits per heavy atom. The number of hydrogen-bond donors (Lipinski definition) is 0. The Balaban J connectivity index is -0.000000125. The molecule has 0 aliphatic heterocycles. The van der Waals surface area contributed by atoms with E-state index in [0.29, 0.717) is 0 Å². The van der Waals surface area contributed by atoms with E-state index in [0.717, 1.165) is 12.8 Å². The second kappa shape index (κ2) is 14.8. The van der Waals surface area contributed by atoms with Crippen LogP contribution in [0.5, 0.6) is 0 Å². The molecular weight excluding hydrogens is 239 g/mol. The van der Waals surface area contributed by atoms with Crippen molar-refractivity contribution in [2.24, 2.45) is 0 Å². The Kier molecular flexibility index (Phi) is 21.5. The summed E-state index contributed by atoms with van der Waals surface area (Å²) >= 11 is 0. The monoisotopic (exact) mass is 250 g/mol. The summed E-state index contributed by atoms with van der Waals surface area (Å²) in [5.41, 5.74) is 0. The van der Waals surface area contributed by atoms with Crippen molar-refractivity contribution in [3.63, 3.8) is 0 Å². The number of hydrogen-bond acceptors (Lipinski definition) is 0. The molecule has 3 heteroatoms. The Bertz CT molecular complexity index is 151. The molecule has 0 radical (unpaired) electrons. The van der Waals surface area contributed by atoms with Gasteiger partial charge in [0.05, 0.1) is 0 Å². The summed E-state index contributed by atoms with van der Waals surface area (Å²) < 4.78 is 0. The van der Waals surface area contributed by atoms with Gasteiger partial charge in [0.2, 0.25) is 0 Å². The molecule has 0 atom stereocenters. The summed E-state index contributed by atoms with van der Waals surface area (Å²) in [7, 11) is 0. The summed E-state index contributed by atoms with van der Waals surface area (Å²) in [5.74, 6) is 0. The van der Waals surface area contributed by atoms with Crippen LogP contribution in [0.15, 0.2) is 36.5 Å². The standard InChI is InChI=1S/2C5H5.2ClH.Ti/c2*1-2-4-5-3-1;;;/h2*1-3H,4H2;2*1H;/q2*-1;;;+2. The molecule has 0 spiro atoms. The zero-order chi connectivity index (χ0) is 7.07. The van der Waals surface area contributed by atoms with Crippen LogP contribution in [0.1, 0.15) is 12.8 Å². The van der Waals surface area contributed by atoms with Gasteiger partial charge in [-0.1, -0.05) is 0 Å². The normalized spacial score (nSPS) is 13.5. The first-order chi connectivity index (χ1) is 5.00. The van der Waals surface area contributed by atoms with Crippen molar-refractivity contribution in [3.05, 3.63) is 48.6 Å². The van der Waals surface area contributed by atoms with Crippen LogP contribution < -0.4 is 0 Å². The van der Waals surface area contributed by atoms with Crippen LogP contribution in [0.25, 0.3) is 0 Å². The molecule has 2 aliphatic carbocycles. The third-order valence-electron chi connectivity index (χ3n) is 1.17. The minimum atomic E-state index is 0. The van der Waals surface area contributed by atoms with E-state index < -0.39 is 0 Å². The van der Waals surface area contributed by atoms with Crippen LogP contribution in [0.3, 0.4) is 0 Å². The van der Waals surface area contributed by atoms with Gasteiger partial charge in [-0.2, -0.15) is 12.2 Å². The molecule has 0 bridgehead atoms. The van der Waals surface area contributed by atoms with Crippen molar-refractivity contribution in [2.75, 3.05) is 0 Å². The van der Waals surface area contributed by atoms with Gasteiger partial charge in [0.15, 0.2) is 0 Å². The fourth-order valence-electron chi connectivity index (χ4n) is 0.680. The first-order valence-electron chi connectivity index (χ1n) is 3.43. The van der Waals surface area contributed by atoms with Crippen LogP contribution >= 0.6 is 24.8 Å². The van der Waals surface area contributed by atoms with Gasteiger partial charge >= 0.3 is 21.7 Å². The van der Waals surface area contributed by atoms with Crippen LogP contribution in [0, 0.1) is 12.2 Å². The Morgan fingerprint density at radius 1 is 0.769 bits per heavy atom. The van der Waals surface area contributed by atoms with Crippen LogP contribution in [0.4, 0.5) is 0 Å². The first kappa shape index (κ1) is 18.9. The van der Waals surface area contributed by atoms with Gasteiger partial charge in [-0.15, -0.1) is 37.7 Å². The van der Waals surface area contributed by atoms with Crippen LogP contribution in [-0.2, 0) is 21.7 Å². The van der Waals surface area contributed by atoms with Gasteiger partial charge in [0.1, 0.15) is 0 Å². The molecule has 0 aromatic heterocycles. The maximum absolute atomic E-state index is 2.99. The summed E-state index contributed by atoms with van der Waals surface area (Å²) in [6, 6.07) is 0. The molecule has 13 heavy (non-hydrogen) atoms. The largest absolute Gasteiger partial charge is 2.00 e. The van der Waals surface area contributed by atoms with Gasteiger partial charge in [-0.25, -0.2) is 24.3 Å². The zero-order valence-corrected chi connectivity index (χ0v) is 10.4. The van der Waals surface area contributed by atoms with E-state index in [1.807, 2.05) is 24.3 Å². The average molecular weight is 251 g/mol. The van der Waals surface area contributed by atoms with Gasteiger partial charge < -0.3 is 0 Å². The summed E-state index contributed by atoms with van der Waals surface area (Å²) in [5, 5.41) is 0. The number of allylic oxidation sites excluding steroid dienone is 8. The number of halogens is 2. The zero-order valence-electron chi connectivity index (χ0n) is 7.19. The predicted molar refractivity (Wildman–Crippen MR) is 57.6 cm³/mol. The first-order valence-corrected chi connectivity index (χ1v) is 3.43. The molecule has 0 N–H and O–H groups in total. The quantitative estimate of drug-likeness (QED) is 0.457. The number of rotatable bonds is 0. The molecule has 0 aromatic carbocycles. The van der Waals surface area contributed by atoms with Gasteiger partial charge in [-0.05, 0) is 0 Å². The molecule has 2 rings (SSSR count). The molecule has 0 saturated carbocycles. The molecule has 0 saturated heterocycles. The van der Waals surface area contributed by atoms with Crippen molar-refractivity contribution >= 4 is 24.8 Å². The molecular formula is C10H12Cl2Ti. The third kappa shape index (κ3) is 12.3. The van der Waals surface area contributed by atoms with Gasteiger partial charge in [-0.3, -0.25) is 12.2 Å². The third-order valence-corrected chi connectivity index (χ3v) is 1.17.